The van der Waals surface area contributed by atoms with Crippen LogP contribution in [0.3, 0.4) is 0 Å². The van der Waals surface area contributed by atoms with Crippen molar-refractivity contribution in [2.75, 3.05) is 0 Å². The normalized spacial score (nSPS) is 12.3. The highest BCUT2D eigenvalue weighted by Crippen LogP contribution is 2.48. The third-order valence-corrected chi connectivity index (χ3v) is 29.3. The van der Waals surface area contributed by atoms with E-state index in [1.165, 1.54) is 5.39 Å². The second-order valence-corrected chi connectivity index (χ2v) is 35.4. The largest absolute Gasteiger partial charge is 0.438 e. The quantitative estimate of drug-likeness (QED) is 0.113. The van der Waals surface area contributed by atoms with Gasteiger partial charge in [0, 0.05) is 59.2 Å². The number of fused-ring (bicyclic) bond motifs is 17. The Morgan fingerprint density at radius 2 is 0.521 bits per heavy atom. The lowest BCUT2D eigenvalue weighted by Crippen LogP contribution is -2.25. The van der Waals surface area contributed by atoms with Crippen molar-refractivity contribution in [2.45, 2.75) is 0 Å². The van der Waals surface area contributed by atoms with Gasteiger partial charge in [0.05, 0.1) is 60.8 Å². The fraction of sp³-hybridized carbons (Fsp3) is 0. The molecule has 17 aromatic carbocycles. The van der Waals surface area contributed by atoms with Crippen LogP contribution in [0.25, 0.3) is 167 Å². The van der Waals surface area contributed by atoms with Gasteiger partial charge < -0.3 is 22.4 Å². The average Bonchev–Trinajstić information content (AvgIpc) is 1.56. The van der Waals surface area contributed by atoms with Crippen LogP contribution in [-0.4, -0.2) is 22.8 Å². The number of oxazole rings is 3. The number of hydrogen-bond donors (Lipinski definition) is 0. The first-order valence-electron chi connectivity index (χ1n) is 39.8. The van der Waals surface area contributed by atoms with Crippen LogP contribution < -0.4 is 31.8 Å². The molecule has 0 saturated heterocycles. The molecule has 0 amide bonds. The van der Waals surface area contributed by atoms with Gasteiger partial charge in [-0.25, -0.2) is 4.98 Å². The van der Waals surface area contributed by atoms with Gasteiger partial charge in [-0.1, -0.05) is 346 Å². The fourth-order valence-corrected chi connectivity index (χ4v) is 22.9. The average molecular weight is 1570 g/mol. The van der Waals surface area contributed by atoms with E-state index < -0.39 is 14.3 Å². The van der Waals surface area contributed by atoms with Crippen molar-refractivity contribution in [3.05, 3.63) is 431 Å². The van der Waals surface area contributed by atoms with Gasteiger partial charge in [-0.05, 0) is 124 Å². The zero-order chi connectivity index (χ0) is 79.1. The maximum Gasteiger partial charge on any atom is 0.213 e. The molecular weight excluding hydrogens is 1500 g/mol. The summed E-state index contributed by atoms with van der Waals surface area (Å²) in [5.41, 5.74) is 24.6. The van der Waals surface area contributed by atoms with Crippen molar-refractivity contribution in [3.63, 3.8) is 0 Å². The minimum absolute atomic E-state index is 0.807. The highest BCUT2D eigenvalue weighted by molar-refractivity contribution is 7.85. The van der Waals surface area contributed by atoms with Gasteiger partial charge in [-0.2, -0.15) is 0 Å². The third kappa shape index (κ3) is 11.8. The summed E-state index contributed by atoms with van der Waals surface area (Å²) < 4.78 is 58.0. The Kier molecular flexibility index (Phi) is 17.2. The van der Waals surface area contributed by atoms with Crippen molar-refractivity contribution < 1.29 is 22.4 Å². The number of nitrogens with zero attached hydrogens (tertiary/aromatic N) is 5. The van der Waals surface area contributed by atoms with Crippen LogP contribution in [-0.2, 0) is 9.13 Å². The van der Waals surface area contributed by atoms with Gasteiger partial charge in [0.2, 0.25) is 17.1 Å². The Morgan fingerprint density at radius 3 is 0.950 bits per heavy atom. The first kappa shape index (κ1) is 70.6. The molecule has 0 bridgehead atoms. The molecule has 1 unspecified atom stereocenters. The molecule has 0 aliphatic heterocycles. The van der Waals surface area contributed by atoms with Crippen LogP contribution in [0.1, 0.15) is 0 Å². The van der Waals surface area contributed by atoms with Crippen molar-refractivity contribution in [1.29, 1.82) is 0 Å². The van der Waals surface area contributed by atoms with Crippen molar-refractivity contribution >= 4 is 151 Å². The first-order chi connectivity index (χ1) is 58.8. The van der Waals surface area contributed by atoms with E-state index in [9.17, 15) is 4.57 Å². The topological polar surface area (TPSA) is 105 Å². The predicted octanol–water partition coefficient (Wildman–Crippen LogP) is 25.6. The molecular formula is C107H71N5O5P2. The Morgan fingerprint density at radius 1 is 0.227 bits per heavy atom. The molecule has 0 spiro atoms. The summed E-state index contributed by atoms with van der Waals surface area (Å²) >= 11 is 0. The molecule has 0 fully saturated rings. The molecule has 0 radical (unpaired) electrons. The molecule has 24 aromatic rings. The number of aromatic nitrogens is 5. The molecule has 7 aromatic heterocycles. The number of imidazole rings is 1. The Labute approximate surface area is 684 Å². The summed E-state index contributed by atoms with van der Waals surface area (Å²) in [7, 11) is -6.13. The van der Waals surface area contributed by atoms with Gasteiger partial charge in [-0.3, -0.25) is 17.8 Å². The Hall–Kier alpha value is -15.1. The summed E-state index contributed by atoms with van der Waals surface area (Å²) in [6.07, 6.45) is 0. The monoisotopic (exact) mass is 1570 g/mol. The number of rotatable bonds is 12. The minimum atomic E-state index is -3.13. The molecule has 1 atom stereocenters. The Bertz CT molecular complexity index is 8040. The summed E-state index contributed by atoms with van der Waals surface area (Å²) in [4.78, 5) is 5.02. The van der Waals surface area contributed by atoms with Crippen molar-refractivity contribution in [3.8, 4) is 61.6 Å². The molecule has 0 saturated carbocycles. The molecule has 10 nitrogen and oxygen atoms in total. The van der Waals surface area contributed by atoms with E-state index in [1.807, 2.05) is 194 Å². The number of para-hydroxylation sites is 12. The second kappa shape index (κ2) is 29.0. The smallest absolute Gasteiger partial charge is 0.213 e. The zero-order valence-corrected chi connectivity index (χ0v) is 66.0. The molecule has 0 aliphatic rings. The molecule has 7 heterocycles. The molecule has 24 rings (SSSR count). The summed E-state index contributed by atoms with van der Waals surface area (Å²) in [5.74, 6) is 0.926. The zero-order valence-electron chi connectivity index (χ0n) is 64.2. The maximum atomic E-state index is 15.2. The van der Waals surface area contributed by atoms with E-state index in [-0.39, 0.29) is 0 Å². The van der Waals surface area contributed by atoms with Crippen LogP contribution in [0.4, 0.5) is 0 Å². The predicted molar refractivity (Wildman–Crippen MR) is 492 cm³/mol. The third-order valence-electron chi connectivity index (χ3n) is 23.2. The van der Waals surface area contributed by atoms with Gasteiger partial charge >= 0.3 is 0 Å². The van der Waals surface area contributed by atoms with E-state index in [0.717, 1.165) is 193 Å². The lowest BCUT2D eigenvalue weighted by Gasteiger charge is -2.21. The molecule has 564 valence electrons. The second-order valence-electron chi connectivity index (χ2n) is 29.9. The van der Waals surface area contributed by atoms with E-state index in [2.05, 4.69) is 254 Å². The van der Waals surface area contributed by atoms with E-state index in [4.69, 9.17) is 18.2 Å². The van der Waals surface area contributed by atoms with Crippen molar-refractivity contribution in [2.24, 2.45) is 0 Å². The molecule has 12 heteroatoms. The van der Waals surface area contributed by atoms with Gasteiger partial charge in [0.25, 0.3) is 0 Å². The lowest BCUT2D eigenvalue weighted by atomic mass is 10.00. The SMILES string of the molecule is O=P(c1ccccc1)(c1ccc(-c2c3ccccc3n3c2oc2ccccc23)cc1)c1ccc2ccccc2c1.O=P(c1ccccc1)(c1ccccc1)c1ccc(-c2ccc(-c3c4ccccc4n4c3oc3ccccc34)cc2)cc1.c1ccc(-n2c(-c3ccc(-c4c5ccccc5n5c4oc4ccccc45)cc3)nc3ccccc32)cc1. The highest BCUT2D eigenvalue weighted by Gasteiger charge is 2.33. The first-order valence-corrected chi connectivity index (χ1v) is 43.3. The standard InChI is InChI=1S/C38H26NO2P.C36H24NO2P.C33H21N3O/c40-42(30-11-3-1-4-12-30,31-13-5-2-6-14-31)32-25-23-28(24-26-32)27-19-21-29(22-20-27)37-33-15-7-8-16-34(33)39-35-17-9-10-18-36(35)41-38(37)39;38-40(28-12-2-1-3-13-28,30-23-18-25-10-4-5-11-27(25)24-30)29-21-19-26(20-22-29)35-31-14-6-7-15-32(31)37-33-16-8-9-17-34(33)39-36(35)37;1-2-10-24(11-3-1)35-28-15-7-5-13-26(28)34-32(35)23-20-18-22(19-21-23)31-25-12-4-6-14-27(25)36-29-16-8-9-17-30(29)37-33(31)36/h1-26H;1-24H;1-21H. The maximum absolute atomic E-state index is 15.2. The van der Waals surface area contributed by atoms with Crippen LogP contribution in [0.5, 0.6) is 0 Å². The fourth-order valence-electron chi connectivity index (χ4n) is 17.5. The molecule has 119 heavy (non-hydrogen) atoms. The molecule has 0 aliphatic carbocycles. The lowest BCUT2D eigenvalue weighted by molar-refractivity contribution is 0.591. The van der Waals surface area contributed by atoms with Crippen LogP contribution in [0, 0.1) is 0 Å². The summed E-state index contributed by atoms with van der Waals surface area (Å²) in [5, 5.41) is 10.7. The van der Waals surface area contributed by atoms with Crippen LogP contribution in [0.15, 0.2) is 444 Å². The highest BCUT2D eigenvalue weighted by atomic mass is 31.2. The van der Waals surface area contributed by atoms with E-state index in [1.54, 1.807) is 0 Å². The van der Waals surface area contributed by atoms with E-state index in [0.29, 0.717) is 0 Å². The van der Waals surface area contributed by atoms with Gasteiger partial charge in [0.1, 0.15) is 5.82 Å². The van der Waals surface area contributed by atoms with E-state index >= 15 is 4.57 Å². The minimum Gasteiger partial charge on any atom is -0.438 e. The number of hydrogen-bond acceptors (Lipinski definition) is 6. The Balaban J connectivity index is 0.000000108. The van der Waals surface area contributed by atoms with Gasteiger partial charge in [0.15, 0.2) is 31.0 Å². The molecule has 0 N–H and O–H groups in total. The summed E-state index contributed by atoms with van der Waals surface area (Å²) in [6.45, 7) is 0. The van der Waals surface area contributed by atoms with Gasteiger partial charge in [-0.15, -0.1) is 0 Å². The number of benzene rings is 17. The summed E-state index contributed by atoms with van der Waals surface area (Å²) in [6, 6.07) is 146. The van der Waals surface area contributed by atoms with Crippen LogP contribution >= 0.6 is 14.3 Å². The van der Waals surface area contributed by atoms with Crippen molar-refractivity contribution in [1.82, 2.24) is 22.8 Å². The van der Waals surface area contributed by atoms with Crippen LogP contribution in [0.2, 0.25) is 0 Å².